The van der Waals surface area contributed by atoms with Gasteiger partial charge in [-0.15, -0.1) is 0 Å². The lowest BCUT2D eigenvalue weighted by Gasteiger charge is -2.11. The van der Waals surface area contributed by atoms with Gasteiger partial charge in [0, 0.05) is 35.6 Å². The molecule has 0 spiro atoms. The normalized spacial score (nSPS) is 12.5. The Balaban J connectivity index is 2.35. The maximum atomic E-state index is 12.4. The van der Waals surface area contributed by atoms with Crippen molar-refractivity contribution < 1.29 is 4.42 Å². The molecular weight excluding hydrogens is 264 g/mol. The molecule has 0 aliphatic rings. The molecule has 0 bridgehead atoms. The summed E-state index contributed by atoms with van der Waals surface area (Å²) in [7, 11) is 0. The van der Waals surface area contributed by atoms with E-state index in [0.29, 0.717) is 16.7 Å². The summed E-state index contributed by atoms with van der Waals surface area (Å²) in [4.78, 5) is 16.4. The highest BCUT2D eigenvalue weighted by molar-refractivity contribution is 5.82. The average Bonchev–Trinajstić information content (AvgIpc) is 2.48. The van der Waals surface area contributed by atoms with Crippen LogP contribution in [0, 0.1) is 6.92 Å². The van der Waals surface area contributed by atoms with Crippen LogP contribution >= 0.6 is 0 Å². The minimum atomic E-state index is -0.209. The van der Waals surface area contributed by atoms with E-state index in [1.807, 2.05) is 32.0 Å². The predicted molar refractivity (Wildman–Crippen MR) is 83.1 cm³/mol. The molecule has 0 saturated carbocycles. The third-order valence-corrected chi connectivity index (χ3v) is 3.44. The molecule has 4 heteroatoms. The average molecular weight is 280 g/mol. The van der Waals surface area contributed by atoms with E-state index >= 15 is 0 Å². The zero-order valence-electron chi connectivity index (χ0n) is 12.0. The van der Waals surface area contributed by atoms with Crippen LogP contribution in [0.1, 0.15) is 24.1 Å². The topological polar surface area (TPSA) is 69.1 Å². The van der Waals surface area contributed by atoms with E-state index in [9.17, 15) is 4.79 Å². The van der Waals surface area contributed by atoms with Crippen LogP contribution in [0.15, 0.2) is 51.9 Å². The summed E-state index contributed by atoms with van der Waals surface area (Å²) in [5.41, 5.74) is 9.11. The first-order chi connectivity index (χ1) is 10.1. The van der Waals surface area contributed by atoms with Crippen LogP contribution in [-0.4, -0.2) is 4.98 Å². The second kappa shape index (κ2) is 5.14. The first-order valence-electron chi connectivity index (χ1n) is 6.80. The smallest absolute Gasteiger partial charge is 0.193 e. The lowest BCUT2D eigenvalue weighted by Crippen LogP contribution is -2.09. The van der Waals surface area contributed by atoms with Crippen LogP contribution in [-0.2, 0) is 0 Å². The van der Waals surface area contributed by atoms with Crippen molar-refractivity contribution in [1.29, 1.82) is 0 Å². The van der Waals surface area contributed by atoms with Crippen molar-refractivity contribution in [3.05, 3.63) is 64.1 Å². The quantitative estimate of drug-likeness (QED) is 0.782. The van der Waals surface area contributed by atoms with Crippen LogP contribution in [0.3, 0.4) is 0 Å². The monoisotopic (exact) mass is 280 g/mol. The SMILES string of the molecule is Cc1cc(C(C)N)c2oc(-c3cccnc3)cc(=O)c2c1. The fourth-order valence-corrected chi connectivity index (χ4v) is 2.42. The summed E-state index contributed by atoms with van der Waals surface area (Å²) in [6.07, 6.45) is 3.35. The zero-order valence-corrected chi connectivity index (χ0v) is 12.0. The molecular formula is C17H16N2O2. The molecule has 0 amide bonds. The highest BCUT2D eigenvalue weighted by atomic mass is 16.3. The molecule has 2 N–H and O–H groups in total. The first kappa shape index (κ1) is 13.5. The van der Waals surface area contributed by atoms with Crippen LogP contribution < -0.4 is 11.2 Å². The highest BCUT2D eigenvalue weighted by Crippen LogP contribution is 2.27. The van der Waals surface area contributed by atoms with E-state index in [2.05, 4.69) is 4.98 Å². The number of nitrogens with zero attached hydrogens (tertiary/aromatic N) is 1. The molecule has 4 nitrogen and oxygen atoms in total. The van der Waals surface area contributed by atoms with Gasteiger partial charge in [-0.25, -0.2) is 0 Å². The van der Waals surface area contributed by atoms with Gasteiger partial charge in [-0.1, -0.05) is 6.07 Å². The van der Waals surface area contributed by atoms with Crippen molar-refractivity contribution in [2.75, 3.05) is 0 Å². The van der Waals surface area contributed by atoms with Crippen LogP contribution in [0.5, 0.6) is 0 Å². The highest BCUT2D eigenvalue weighted by Gasteiger charge is 2.13. The second-order valence-electron chi connectivity index (χ2n) is 5.24. The molecule has 1 atom stereocenters. The maximum Gasteiger partial charge on any atom is 0.193 e. The number of hydrogen-bond acceptors (Lipinski definition) is 4. The molecule has 3 rings (SSSR count). The third-order valence-electron chi connectivity index (χ3n) is 3.44. The Labute approximate surface area is 122 Å². The number of hydrogen-bond donors (Lipinski definition) is 1. The van der Waals surface area contributed by atoms with E-state index in [0.717, 1.165) is 16.7 Å². The summed E-state index contributed by atoms with van der Waals surface area (Å²) < 4.78 is 5.96. The van der Waals surface area contributed by atoms with E-state index in [-0.39, 0.29) is 11.5 Å². The first-order valence-corrected chi connectivity index (χ1v) is 6.80. The Morgan fingerprint density at radius 2 is 2.10 bits per heavy atom. The van der Waals surface area contributed by atoms with Gasteiger partial charge >= 0.3 is 0 Å². The number of benzene rings is 1. The lowest BCUT2D eigenvalue weighted by atomic mass is 10.0. The van der Waals surface area contributed by atoms with Crippen molar-refractivity contribution in [2.45, 2.75) is 19.9 Å². The Kier molecular flexibility index (Phi) is 3.31. The molecule has 21 heavy (non-hydrogen) atoms. The molecule has 1 aromatic carbocycles. The van der Waals surface area contributed by atoms with Crippen molar-refractivity contribution in [3.8, 4) is 11.3 Å². The largest absolute Gasteiger partial charge is 0.455 e. The Bertz CT molecular complexity index is 852. The molecule has 0 fully saturated rings. The van der Waals surface area contributed by atoms with Gasteiger partial charge in [-0.2, -0.15) is 0 Å². The Morgan fingerprint density at radius 3 is 2.76 bits per heavy atom. The minimum absolute atomic E-state index is 0.0688. The van der Waals surface area contributed by atoms with Crippen molar-refractivity contribution in [2.24, 2.45) is 5.73 Å². The van der Waals surface area contributed by atoms with E-state index in [1.165, 1.54) is 6.07 Å². The number of rotatable bonds is 2. The predicted octanol–water partition coefficient (Wildman–Crippen LogP) is 3.18. The third kappa shape index (κ3) is 2.45. The molecule has 0 aliphatic heterocycles. The fraction of sp³-hybridized carbons (Fsp3) is 0.176. The molecule has 2 aromatic heterocycles. The van der Waals surface area contributed by atoms with Crippen LogP contribution in [0.2, 0.25) is 0 Å². The molecule has 2 heterocycles. The number of nitrogens with two attached hydrogens (primary N) is 1. The summed E-state index contributed by atoms with van der Waals surface area (Å²) in [6.45, 7) is 3.82. The molecule has 0 radical (unpaired) electrons. The van der Waals surface area contributed by atoms with Gasteiger partial charge in [0.05, 0.1) is 5.39 Å². The summed E-state index contributed by atoms with van der Waals surface area (Å²) in [5.74, 6) is 0.506. The summed E-state index contributed by atoms with van der Waals surface area (Å²) in [6, 6.07) is 8.75. The van der Waals surface area contributed by atoms with Crippen molar-refractivity contribution >= 4 is 11.0 Å². The zero-order chi connectivity index (χ0) is 15.0. The van der Waals surface area contributed by atoms with Gasteiger partial charge in [0.15, 0.2) is 5.43 Å². The number of aryl methyl sites for hydroxylation is 1. The standard InChI is InChI=1S/C17H16N2O2/c1-10-6-13(11(2)18)17-14(7-10)15(20)8-16(21-17)12-4-3-5-19-9-12/h3-9,11H,18H2,1-2H3. The van der Waals surface area contributed by atoms with Crippen LogP contribution in [0.4, 0.5) is 0 Å². The van der Waals surface area contributed by atoms with Gasteiger partial charge in [0.2, 0.25) is 0 Å². The molecule has 0 aliphatic carbocycles. The molecule has 0 saturated heterocycles. The number of fused-ring (bicyclic) bond motifs is 1. The van der Waals surface area contributed by atoms with E-state index in [1.54, 1.807) is 18.5 Å². The molecule has 3 aromatic rings. The Morgan fingerprint density at radius 1 is 1.29 bits per heavy atom. The summed E-state index contributed by atoms with van der Waals surface area (Å²) in [5, 5.41) is 0.565. The van der Waals surface area contributed by atoms with E-state index in [4.69, 9.17) is 10.2 Å². The van der Waals surface area contributed by atoms with Crippen molar-refractivity contribution in [1.82, 2.24) is 4.98 Å². The molecule has 106 valence electrons. The maximum absolute atomic E-state index is 12.4. The van der Waals surface area contributed by atoms with Gasteiger partial charge in [-0.3, -0.25) is 9.78 Å². The van der Waals surface area contributed by atoms with Gasteiger partial charge < -0.3 is 10.2 Å². The fourth-order valence-electron chi connectivity index (χ4n) is 2.42. The van der Waals surface area contributed by atoms with Crippen LogP contribution in [0.25, 0.3) is 22.3 Å². The summed E-state index contributed by atoms with van der Waals surface area (Å²) >= 11 is 0. The lowest BCUT2D eigenvalue weighted by molar-refractivity contribution is 0.607. The minimum Gasteiger partial charge on any atom is -0.455 e. The second-order valence-corrected chi connectivity index (χ2v) is 5.24. The number of pyridine rings is 1. The van der Waals surface area contributed by atoms with Crippen molar-refractivity contribution in [3.63, 3.8) is 0 Å². The van der Waals surface area contributed by atoms with Gasteiger partial charge in [-0.05, 0) is 37.6 Å². The Hall–Kier alpha value is -2.46. The van der Waals surface area contributed by atoms with Gasteiger partial charge in [0.25, 0.3) is 0 Å². The number of aromatic nitrogens is 1. The van der Waals surface area contributed by atoms with Gasteiger partial charge in [0.1, 0.15) is 11.3 Å². The molecule has 1 unspecified atom stereocenters. The van der Waals surface area contributed by atoms with E-state index < -0.39 is 0 Å².